The van der Waals surface area contributed by atoms with Crippen LogP contribution in [0.2, 0.25) is 0 Å². The Morgan fingerprint density at radius 1 is 1.00 bits per heavy atom. The number of benzene rings is 2. The predicted octanol–water partition coefficient (Wildman–Crippen LogP) is 4.34. The molecule has 94 valence electrons. The maximum absolute atomic E-state index is 3.55. The zero-order valence-electron chi connectivity index (χ0n) is 10.6. The van der Waals surface area contributed by atoms with Crippen LogP contribution >= 0.6 is 15.9 Å². The van der Waals surface area contributed by atoms with Gasteiger partial charge in [0.2, 0.25) is 0 Å². The average Bonchev–Trinajstić information content (AvgIpc) is 2.40. The Kier molecular flexibility index (Phi) is 4.97. The van der Waals surface area contributed by atoms with E-state index in [1.165, 1.54) is 11.1 Å². The normalized spacial score (nSPS) is 12.3. The molecular weight excluding hydrogens is 286 g/mol. The van der Waals surface area contributed by atoms with Gasteiger partial charge in [-0.05, 0) is 43.1 Å². The molecule has 1 nitrogen and oxygen atoms in total. The lowest BCUT2D eigenvalue weighted by atomic mass is 10.1. The van der Waals surface area contributed by atoms with Crippen molar-refractivity contribution in [2.24, 2.45) is 0 Å². The van der Waals surface area contributed by atoms with Gasteiger partial charge in [-0.15, -0.1) is 0 Å². The summed E-state index contributed by atoms with van der Waals surface area (Å²) in [5.41, 5.74) is 2.71. The van der Waals surface area contributed by atoms with Crippen LogP contribution in [0.15, 0.2) is 59.1 Å². The van der Waals surface area contributed by atoms with Crippen LogP contribution < -0.4 is 5.32 Å². The smallest absolute Gasteiger partial charge is 0.0291 e. The second-order valence-corrected chi connectivity index (χ2v) is 5.38. The zero-order valence-corrected chi connectivity index (χ0v) is 12.2. The van der Waals surface area contributed by atoms with Crippen LogP contribution in [0.25, 0.3) is 0 Å². The fourth-order valence-corrected chi connectivity index (χ4v) is 2.21. The molecule has 0 aliphatic heterocycles. The van der Waals surface area contributed by atoms with Crippen molar-refractivity contribution in [3.63, 3.8) is 0 Å². The van der Waals surface area contributed by atoms with E-state index in [1.54, 1.807) is 0 Å². The first-order valence-electron chi connectivity index (χ1n) is 6.28. The van der Waals surface area contributed by atoms with Crippen molar-refractivity contribution in [3.8, 4) is 0 Å². The second kappa shape index (κ2) is 6.72. The van der Waals surface area contributed by atoms with Crippen LogP contribution in [-0.2, 0) is 6.42 Å². The molecule has 0 bridgehead atoms. The molecule has 0 aliphatic rings. The lowest BCUT2D eigenvalue weighted by Gasteiger charge is -2.14. The van der Waals surface area contributed by atoms with E-state index in [-0.39, 0.29) is 0 Å². The molecule has 0 saturated carbocycles. The first-order valence-corrected chi connectivity index (χ1v) is 7.08. The maximum atomic E-state index is 3.55. The van der Waals surface area contributed by atoms with Gasteiger partial charge < -0.3 is 5.32 Å². The third kappa shape index (κ3) is 3.97. The summed E-state index contributed by atoms with van der Waals surface area (Å²) in [7, 11) is 0. The van der Waals surface area contributed by atoms with E-state index in [1.807, 2.05) is 0 Å². The summed E-state index contributed by atoms with van der Waals surface area (Å²) in [5, 5.41) is 3.55. The highest BCUT2D eigenvalue weighted by atomic mass is 79.9. The summed E-state index contributed by atoms with van der Waals surface area (Å²) < 4.78 is 1.13. The molecule has 0 spiro atoms. The average molecular weight is 304 g/mol. The Morgan fingerprint density at radius 2 is 1.67 bits per heavy atom. The molecular formula is C16H18BrN. The van der Waals surface area contributed by atoms with Crippen LogP contribution in [-0.4, -0.2) is 6.54 Å². The quantitative estimate of drug-likeness (QED) is 0.866. The third-order valence-corrected chi connectivity index (χ3v) is 3.61. The topological polar surface area (TPSA) is 12.0 Å². The fourth-order valence-electron chi connectivity index (χ4n) is 1.95. The molecule has 0 amide bonds. The summed E-state index contributed by atoms with van der Waals surface area (Å²) in [6.07, 6.45) is 1.07. The molecule has 1 unspecified atom stereocenters. The molecule has 1 atom stereocenters. The Bertz CT molecular complexity index is 464. The number of hydrogen-bond acceptors (Lipinski definition) is 1. The summed E-state index contributed by atoms with van der Waals surface area (Å²) in [5.74, 6) is 0. The van der Waals surface area contributed by atoms with E-state index in [2.05, 4.69) is 82.8 Å². The van der Waals surface area contributed by atoms with Gasteiger partial charge in [-0.25, -0.2) is 0 Å². The molecule has 2 rings (SSSR count). The van der Waals surface area contributed by atoms with E-state index >= 15 is 0 Å². The van der Waals surface area contributed by atoms with Gasteiger partial charge in [0.15, 0.2) is 0 Å². The predicted molar refractivity (Wildman–Crippen MR) is 80.7 cm³/mol. The SMILES string of the molecule is CC(NCCc1ccccc1)c1ccc(Br)cc1. The van der Waals surface area contributed by atoms with Gasteiger partial charge in [0.25, 0.3) is 0 Å². The number of rotatable bonds is 5. The van der Waals surface area contributed by atoms with Crippen LogP contribution in [0.1, 0.15) is 24.1 Å². The number of halogens is 1. The highest BCUT2D eigenvalue weighted by Gasteiger charge is 2.03. The van der Waals surface area contributed by atoms with Crippen LogP contribution in [0.4, 0.5) is 0 Å². The van der Waals surface area contributed by atoms with Gasteiger partial charge in [0.1, 0.15) is 0 Å². The van der Waals surface area contributed by atoms with Gasteiger partial charge in [0.05, 0.1) is 0 Å². The van der Waals surface area contributed by atoms with Crippen molar-refractivity contribution in [2.75, 3.05) is 6.54 Å². The van der Waals surface area contributed by atoms with E-state index in [0.717, 1.165) is 17.4 Å². The molecule has 18 heavy (non-hydrogen) atoms. The molecule has 0 radical (unpaired) electrons. The number of nitrogens with one attached hydrogen (secondary N) is 1. The summed E-state index contributed by atoms with van der Waals surface area (Å²) >= 11 is 3.46. The minimum Gasteiger partial charge on any atom is -0.310 e. The van der Waals surface area contributed by atoms with Gasteiger partial charge in [-0.3, -0.25) is 0 Å². The lowest BCUT2D eigenvalue weighted by molar-refractivity contribution is 0.577. The van der Waals surface area contributed by atoms with Crippen molar-refractivity contribution in [2.45, 2.75) is 19.4 Å². The van der Waals surface area contributed by atoms with Crippen LogP contribution in [0.3, 0.4) is 0 Å². The Hall–Kier alpha value is -1.12. The van der Waals surface area contributed by atoms with Crippen LogP contribution in [0, 0.1) is 0 Å². The lowest BCUT2D eigenvalue weighted by Crippen LogP contribution is -2.21. The minimum atomic E-state index is 0.391. The Morgan fingerprint density at radius 3 is 2.33 bits per heavy atom. The standard InChI is InChI=1S/C16H18BrN/c1-13(15-7-9-16(17)10-8-15)18-12-11-14-5-3-2-4-6-14/h2-10,13,18H,11-12H2,1H3. The highest BCUT2D eigenvalue weighted by Crippen LogP contribution is 2.16. The van der Waals surface area contributed by atoms with E-state index < -0.39 is 0 Å². The molecule has 0 aliphatic carbocycles. The monoisotopic (exact) mass is 303 g/mol. The van der Waals surface area contributed by atoms with E-state index in [9.17, 15) is 0 Å². The first kappa shape index (κ1) is 13.3. The summed E-state index contributed by atoms with van der Waals surface area (Å²) in [4.78, 5) is 0. The van der Waals surface area contributed by atoms with Crippen molar-refractivity contribution in [1.82, 2.24) is 5.32 Å². The van der Waals surface area contributed by atoms with E-state index in [4.69, 9.17) is 0 Å². The molecule has 0 fully saturated rings. The molecule has 1 N–H and O–H groups in total. The van der Waals surface area contributed by atoms with Gasteiger partial charge in [-0.1, -0.05) is 58.4 Å². The molecule has 0 saturated heterocycles. The molecule has 0 aromatic heterocycles. The van der Waals surface area contributed by atoms with Crippen molar-refractivity contribution in [1.29, 1.82) is 0 Å². The van der Waals surface area contributed by atoms with Gasteiger partial charge in [-0.2, -0.15) is 0 Å². The van der Waals surface area contributed by atoms with Crippen molar-refractivity contribution in [3.05, 3.63) is 70.2 Å². The highest BCUT2D eigenvalue weighted by molar-refractivity contribution is 9.10. The summed E-state index contributed by atoms with van der Waals surface area (Å²) in [6.45, 7) is 3.20. The largest absolute Gasteiger partial charge is 0.310 e. The molecule has 2 aromatic carbocycles. The first-order chi connectivity index (χ1) is 8.75. The van der Waals surface area contributed by atoms with Gasteiger partial charge in [0, 0.05) is 10.5 Å². The summed E-state index contributed by atoms with van der Waals surface area (Å²) in [6, 6.07) is 19.5. The minimum absolute atomic E-state index is 0.391. The number of hydrogen-bond donors (Lipinski definition) is 1. The third-order valence-electron chi connectivity index (χ3n) is 3.08. The van der Waals surface area contributed by atoms with E-state index in [0.29, 0.717) is 6.04 Å². The zero-order chi connectivity index (χ0) is 12.8. The maximum Gasteiger partial charge on any atom is 0.0291 e. The Labute approximate surface area is 117 Å². The Balaban J connectivity index is 1.81. The second-order valence-electron chi connectivity index (χ2n) is 4.46. The molecule has 2 aromatic rings. The van der Waals surface area contributed by atoms with Crippen LogP contribution in [0.5, 0.6) is 0 Å². The molecule has 0 heterocycles. The fraction of sp³-hybridized carbons (Fsp3) is 0.250. The van der Waals surface area contributed by atoms with Crippen molar-refractivity contribution < 1.29 is 0 Å². The molecule has 2 heteroatoms. The van der Waals surface area contributed by atoms with Crippen molar-refractivity contribution >= 4 is 15.9 Å². The van der Waals surface area contributed by atoms with Gasteiger partial charge >= 0.3 is 0 Å².